The van der Waals surface area contributed by atoms with Gasteiger partial charge in [-0.15, -0.1) is 0 Å². The van der Waals surface area contributed by atoms with Crippen molar-refractivity contribution in [3.63, 3.8) is 0 Å². The van der Waals surface area contributed by atoms with Gasteiger partial charge in [0.2, 0.25) is 10.0 Å². The van der Waals surface area contributed by atoms with Crippen molar-refractivity contribution in [3.8, 4) is 17.2 Å². The lowest BCUT2D eigenvalue weighted by Crippen LogP contribution is -2.53. The first-order valence-corrected chi connectivity index (χ1v) is 12.6. The van der Waals surface area contributed by atoms with Gasteiger partial charge in [0.25, 0.3) is 5.91 Å². The number of hydrogen-bond acceptors (Lipinski definition) is 6. The van der Waals surface area contributed by atoms with E-state index in [1.54, 1.807) is 17.9 Å². The van der Waals surface area contributed by atoms with Gasteiger partial charge in [-0.25, -0.2) is 8.42 Å². The van der Waals surface area contributed by atoms with E-state index in [1.807, 2.05) is 12.1 Å². The van der Waals surface area contributed by atoms with Crippen LogP contribution in [0.1, 0.15) is 24.5 Å². The summed E-state index contributed by atoms with van der Waals surface area (Å²) in [6, 6.07) is 10.6. The number of methoxy groups -OCH3 is 2. The number of carbonyl (C=O) groups is 1. The lowest BCUT2D eigenvalue weighted by Gasteiger charge is -2.35. The van der Waals surface area contributed by atoms with Gasteiger partial charge >= 0.3 is 0 Å². The maximum absolute atomic E-state index is 13.1. The van der Waals surface area contributed by atoms with Gasteiger partial charge in [0.1, 0.15) is 5.75 Å². The van der Waals surface area contributed by atoms with Crippen LogP contribution < -0.4 is 14.2 Å². The van der Waals surface area contributed by atoms with E-state index in [2.05, 4.69) is 6.07 Å². The van der Waals surface area contributed by atoms with Gasteiger partial charge in [0.05, 0.1) is 19.1 Å². The summed E-state index contributed by atoms with van der Waals surface area (Å²) in [5.74, 6) is 1.37. The Morgan fingerprint density at radius 2 is 1.61 bits per heavy atom. The molecule has 0 radical (unpaired) electrons. The molecular weight excluding hydrogens is 444 g/mol. The standard InChI is InChI=1S/C24H30N2O6S/c1-17(32-20-8-7-18-5-4-6-19(18)15-20)24(27)25-11-13-26(14-12-25)33(28,29)21-9-10-22(30-2)23(16-21)31-3/h7-10,15-17H,4-6,11-14H2,1-3H3. The molecule has 2 aromatic rings. The van der Waals surface area contributed by atoms with Crippen LogP contribution in [0.15, 0.2) is 41.3 Å². The summed E-state index contributed by atoms with van der Waals surface area (Å²) in [6.45, 7) is 2.79. The molecular formula is C24H30N2O6S. The second-order valence-corrected chi connectivity index (χ2v) is 10.2. The summed E-state index contributed by atoms with van der Waals surface area (Å²) in [4.78, 5) is 14.7. The number of sulfonamides is 1. The molecule has 1 unspecified atom stereocenters. The van der Waals surface area contributed by atoms with E-state index in [1.165, 1.54) is 41.8 Å². The highest BCUT2D eigenvalue weighted by molar-refractivity contribution is 7.89. The van der Waals surface area contributed by atoms with Crippen LogP contribution in [0.4, 0.5) is 0 Å². The van der Waals surface area contributed by atoms with Gasteiger partial charge in [-0.1, -0.05) is 6.07 Å². The van der Waals surface area contributed by atoms with Crippen LogP contribution in [-0.4, -0.2) is 70.0 Å². The lowest BCUT2D eigenvalue weighted by atomic mass is 10.1. The van der Waals surface area contributed by atoms with E-state index in [0.717, 1.165) is 19.3 Å². The predicted molar refractivity (Wildman–Crippen MR) is 123 cm³/mol. The fourth-order valence-corrected chi connectivity index (χ4v) is 5.85. The van der Waals surface area contributed by atoms with Gasteiger partial charge in [0.15, 0.2) is 17.6 Å². The first-order chi connectivity index (χ1) is 15.8. The van der Waals surface area contributed by atoms with Crippen molar-refractivity contribution in [2.24, 2.45) is 0 Å². The Morgan fingerprint density at radius 1 is 0.909 bits per heavy atom. The number of ether oxygens (including phenoxy) is 3. The van der Waals surface area contributed by atoms with Crippen molar-refractivity contribution < 1.29 is 27.4 Å². The van der Waals surface area contributed by atoms with Crippen molar-refractivity contribution in [1.29, 1.82) is 0 Å². The Balaban J connectivity index is 1.37. The summed E-state index contributed by atoms with van der Waals surface area (Å²) >= 11 is 0. The minimum atomic E-state index is -3.71. The molecule has 1 atom stereocenters. The number of fused-ring (bicyclic) bond motifs is 1. The normalized spacial score (nSPS) is 17.4. The number of rotatable bonds is 7. The highest BCUT2D eigenvalue weighted by Crippen LogP contribution is 2.31. The maximum atomic E-state index is 13.1. The zero-order valence-electron chi connectivity index (χ0n) is 19.2. The molecule has 33 heavy (non-hydrogen) atoms. The molecule has 1 heterocycles. The number of benzene rings is 2. The SMILES string of the molecule is COc1ccc(S(=O)(=O)N2CCN(C(=O)C(C)Oc3ccc4c(c3)CCC4)CC2)cc1OC. The Kier molecular flexibility index (Phi) is 6.81. The van der Waals surface area contributed by atoms with E-state index in [4.69, 9.17) is 14.2 Å². The fourth-order valence-electron chi connectivity index (χ4n) is 4.41. The van der Waals surface area contributed by atoms with Crippen LogP contribution in [0.2, 0.25) is 0 Å². The van der Waals surface area contributed by atoms with Gasteiger partial charge in [-0.05, 0) is 61.6 Å². The third kappa shape index (κ3) is 4.79. The van der Waals surface area contributed by atoms with E-state index >= 15 is 0 Å². The summed E-state index contributed by atoms with van der Waals surface area (Å²) in [5, 5.41) is 0. The molecule has 1 aliphatic heterocycles. The van der Waals surface area contributed by atoms with E-state index in [9.17, 15) is 13.2 Å². The van der Waals surface area contributed by atoms with E-state index in [0.29, 0.717) is 30.3 Å². The average Bonchev–Trinajstić information content (AvgIpc) is 3.31. The van der Waals surface area contributed by atoms with Crippen molar-refractivity contribution >= 4 is 15.9 Å². The van der Waals surface area contributed by atoms with Crippen molar-refractivity contribution in [1.82, 2.24) is 9.21 Å². The highest BCUT2D eigenvalue weighted by Gasteiger charge is 2.32. The van der Waals surface area contributed by atoms with Crippen molar-refractivity contribution in [3.05, 3.63) is 47.5 Å². The Hall–Kier alpha value is -2.78. The maximum Gasteiger partial charge on any atom is 0.263 e. The zero-order chi connectivity index (χ0) is 23.6. The molecule has 4 rings (SSSR count). The third-order valence-electron chi connectivity index (χ3n) is 6.27. The van der Waals surface area contributed by atoms with Crippen LogP contribution in [0.5, 0.6) is 17.2 Å². The molecule has 178 valence electrons. The average molecular weight is 475 g/mol. The van der Waals surface area contributed by atoms with Crippen LogP contribution in [0.3, 0.4) is 0 Å². The molecule has 0 saturated carbocycles. The summed E-state index contributed by atoms with van der Waals surface area (Å²) < 4.78 is 43.9. The molecule has 8 nitrogen and oxygen atoms in total. The van der Waals surface area contributed by atoms with Crippen molar-refractivity contribution in [2.75, 3.05) is 40.4 Å². The number of amides is 1. The minimum Gasteiger partial charge on any atom is -0.493 e. The molecule has 0 N–H and O–H groups in total. The fraction of sp³-hybridized carbons (Fsp3) is 0.458. The Morgan fingerprint density at radius 3 is 2.30 bits per heavy atom. The Bertz CT molecular complexity index is 1130. The summed E-state index contributed by atoms with van der Waals surface area (Å²) in [5.41, 5.74) is 2.65. The first kappa shape index (κ1) is 23.4. The quantitative estimate of drug-likeness (QED) is 0.613. The predicted octanol–water partition coefficient (Wildman–Crippen LogP) is 2.49. The van der Waals surface area contributed by atoms with Crippen molar-refractivity contribution in [2.45, 2.75) is 37.2 Å². The van der Waals surface area contributed by atoms with Crippen LogP contribution >= 0.6 is 0 Å². The second kappa shape index (κ2) is 9.61. The first-order valence-electron chi connectivity index (χ1n) is 11.1. The molecule has 0 spiro atoms. The topological polar surface area (TPSA) is 85.4 Å². The smallest absolute Gasteiger partial charge is 0.263 e. The number of piperazine rings is 1. The van der Waals surface area contributed by atoms with Gasteiger partial charge < -0.3 is 19.1 Å². The molecule has 0 aromatic heterocycles. The molecule has 1 fully saturated rings. The third-order valence-corrected chi connectivity index (χ3v) is 8.17. The van der Waals surface area contributed by atoms with E-state index in [-0.39, 0.29) is 23.9 Å². The van der Waals surface area contributed by atoms with Crippen LogP contribution in [0, 0.1) is 0 Å². The van der Waals surface area contributed by atoms with Gasteiger partial charge in [-0.3, -0.25) is 4.79 Å². The number of aryl methyl sites for hydroxylation is 2. The van der Waals surface area contributed by atoms with Gasteiger partial charge in [-0.2, -0.15) is 4.31 Å². The number of nitrogens with zero attached hydrogens (tertiary/aromatic N) is 2. The number of carbonyl (C=O) groups excluding carboxylic acids is 1. The largest absolute Gasteiger partial charge is 0.493 e. The molecule has 2 aliphatic rings. The molecule has 1 aliphatic carbocycles. The minimum absolute atomic E-state index is 0.133. The van der Waals surface area contributed by atoms with Crippen LogP contribution in [0.25, 0.3) is 0 Å². The summed E-state index contributed by atoms with van der Waals surface area (Å²) in [7, 11) is -0.755. The van der Waals surface area contributed by atoms with E-state index < -0.39 is 16.1 Å². The molecule has 2 aromatic carbocycles. The second-order valence-electron chi connectivity index (χ2n) is 8.29. The molecule has 1 saturated heterocycles. The number of hydrogen-bond donors (Lipinski definition) is 0. The lowest BCUT2D eigenvalue weighted by molar-refractivity contribution is -0.139. The summed E-state index contributed by atoms with van der Waals surface area (Å²) in [6.07, 6.45) is 2.66. The Labute approximate surface area is 195 Å². The molecule has 1 amide bonds. The molecule has 9 heteroatoms. The van der Waals surface area contributed by atoms with Crippen LogP contribution in [-0.2, 0) is 27.7 Å². The molecule has 0 bridgehead atoms. The zero-order valence-corrected chi connectivity index (χ0v) is 20.1. The highest BCUT2D eigenvalue weighted by atomic mass is 32.2. The van der Waals surface area contributed by atoms with Gasteiger partial charge in [0, 0.05) is 32.2 Å². The monoisotopic (exact) mass is 474 g/mol.